The summed E-state index contributed by atoms with van der Waals surface area (Å²) in [6, 6.07) is 13.9. The zero-order chi connectivity index (χ0) is 24.9. The van der Waals surface area contributed by atoms with Crippen LogP contribution in [0.25, 0.3) is 0 Å². The van der Waals surface area contributed by atoms with Crippen LogP contribution < -0.4 is 4.18 Å². The summed E-state index contributed by atoms with van der Waals surface area (Å²) in [5.41, 5.74) is 0.490. The highest BCUT2D eigenvalue weighted by molar-refractivity contribution is 7.87. The maximum absolute atomic E-state index is 13.7. The van der Waals surface area contributed by atoms with Crippen LogP contribution in [0.4, 0.5) is 8.78 Å². The van der Waals surface area contributed by atoms with Gasteiger partial charge in [0.2, 0.25) is 0 Å². The Bertz CT molecular complexity index is 1270. The number of rotatable bonds is 9. The molecule has 0 saturated heterocycles. The molecule has 0 unspecified atom stereocenters. The summed E-state index contributed by atoms with van der Waals surface area (Å²) >= 11 is 6.14. The quantitative estimate of drug-likeness (QED) is 0.395. The molecule has 0 fully saturated rings. The molecular weight excluding hydrogens is 486 g/mol. The average Bonchev–Trinajstić information content (AvgIpc) is 2.78. The molecule has 0 bridgehead atoms. The van der Waals surface area contributed by atoms with E-state index in [0.717, 1.165) is 30.3 Å². The molecule has 3 aromatic carbocycles. The number of likely N-dealkylation sites (N-methyl/N-ethyl adjacent to an activating group) is 1. The molecule has 0 radical (unpaired) electrons. The summed E-state index contributed by atoms with van der Waals surface area (Å²) in [5, 5.41) is 0.312. The second kappa shape index (κ2) is 10.9. The smallest absolute Gasteiger partial charge is 0.339 e. The molecule has 3 aromatic rings. The molecule has 0 spiro atoms. The molecule has 34 heavy (non-hydrogen) atoms. The first-order chi connectivity index (χ1) is 16.0. The highest BCUT2D eigenvalue weighted by atomic mass is 35.5. The van der Waals surface area contributed by atoms with Gasteiger partial charge in [0, 0.05) is 35.8 Å². The van der Waals surface area contributed by atoms with Crippen molar-refractivity contribution in [3.8, 4) is 5.75 Å². The topological polar surface area (TPSA) is 66.9 Å². The molecule has 0 heterocycles. The van der Waals surface area contributed by atoms with Crippen molar-refractivity contribution in [2.24, 2.45) is 0 Å². The van der Waals surface area contributed by atoms with E-state index in [9.17, 15) is 22.0 Å². The summed E-state index contributed by atoms with van der Waals surface area (Å²) in [5.74, 6) is -1.60. The van der Waals surface area contributed by atoms with E-state index in [1.54, 1.807) is 0 Å². The molecule has 0 atom stereocenters. The van der Waals surface area contributed by atoms with E-state index >= 15 is 0 Å². The Morgan fingerprint density at radius 2 is 1.65 bits per heavy atom. The van der Waals surface area contributed by atoms with Gasteiger partial charge >= 0.3 is 10.1 Å². The summed E-state index contributed by atoms with van der Waals surface area (Å²) in [6.45, 7) is 0.739. The lowest BCUT2D eigenvalue weighted by atomic mass is 10.1. The van der Waals surface area contributed by atoms with Crippen molar-refractivity contribution in [2.75, 3.05) is 27.2 Å². The third-order valence-electron chi connectivity index (χ3n) is 4.86. The van der Waals surface area contributed by atoms with Crippen molar-refractivity contribution < 1.29 is 26.2 Å². The third kappa shape index (κ3) is 6.75. The number of carbonyl (C=O) groups is 1. The van der Waals surface area contributed by atoms with Gasteiger partial charge < -0.3 is 14.0 Å². The number of nitrogens with zero attached hydrogens (tertiary/aromatic N) is 2. The molecule has 0 aromatic heterocycles. The predicted molar refractivity (Wildman–Crippen MR) is 125 cm³/mol. The highest BCUT2D eigenvalue weighted by Gasteiger charge is 2.22. The lowest BCUT2D eigenvalue weighted by Gasteiger charge is -2.25. The van der Waals surface area contributed by atoms with Crippen molar-refractivity contribution in [3.63, 3.8) is 0 Å². The Morgan fingerprint density at radius 1 is 0.941 bits per heavy atom. The Hall–Kier alpha value is -3.01. The molecule has 0 aliphatic carbocycles. The van der Waals surface area contributed by atoms with E-state index in [1.165, 1.54) is 41.3 Å². The Labute approximate surface area is 202 Å². The van der Waals surface area contributed by atoms with Gasteiger partial charge in [-0.3, -0.25) is 4.79 Å². The number of carbonyl (C=O) groups excluding carboxylic acids is 1. The Kier molecular flexibility index (Phi) is 8.24. The second-order valence-corrected chi connectivity index (χ2v) is 9.77. The average molecular weight is 509 g/mol. The van der Waals surface area contributed by atoms with E-state index in [1.807, 2.05) is 19.0 Å². The van der Waals surface area contributed by atoms with Crippen molar-refractivity contribution >= 4 is 27.6 Å². The van der Waals surface area contributed by atoms with Crippen LogP contribution in [0.2, 0.25) is 5.02 Å². The summed E-state index contributed by atoms with van der Waals surface area (Å²) in [4.78, 5) is 16.3. The fourth-order valence-electron chi connectivity index (χ4n) is 3.10. The lowest BCUT2D eigenvalue weighted by molar-refractivity contribution is 0.0731. The van der Waals surface area contributed by atoms with Gasteiger partial charge in [0.05, 0.1) is 0 Å². The number of hydrogen-bond acceptors (Lipinski definition) is 5. The van der Waals surface area contributed by atoms with Crippen LogP contribution in [-0.4, -0.2) is 51.3 Å². The molecule has 180 valence electrons. The van der Waals surface area contributed by atoms with Crippen LogP contribution in [-0.2, 0) is 16.7 Å². The van der Waals surface area contributed by atoms with E-state index in [4.69, 9.17) is 15.8 Å². The molecular formula is C24H23ClF2N2O4S. The first kappa shape index (κ1) is 25.6. The minimum atomic E-state index is -4.28. The van der Waals surface area contributed by atoms with Gasteiger partial charge in [-0.1, -0.05) is 17.7 Å². The molecule has 10 heteroatoms. The van der Waals surface area contributed by atoms with Crippen LogP contribution in [0.1, 0.15) is 15.9 Å². The largest absolute Gasteiger partial charge is 0.379 e. The van der Waals surface area contributed by atoms with Crippen molar-refractivity contribution in [1.29, 1.82) is 0 Å². The fourth-order valence-corrected chi connectivity index (χ4v) is 4.26. The van der Waals surface area contributed by atoms with Gasteiger partial charge in [-0.05, 0) is 74.8 Å². The molecule has 0 N–H and O–H groups in total. The van der Waals surface area contributed by atoms with Crippen LogP contribution in [0.3, 0.4) is 0 Å². The van der Waals surface area contributed by atoms with Gasteiger partial charge in [0.1, 0.15) is 22.3 Å². The molecule has 1 amide bonds. The maximum Gasteiger partial charge on any atom is 0.339 e. The highest BCUT2D eigenvalue weighted by Crippen LogP contribution is 2.28. The first-order valence-corrected chi connectivity index (χ1v) is 12.0. The van der Waals surface area contributed by atoms with Gasteiger partial charge in [-0.2, -0.15) is 8.42 Å². The first-order valence-electron chi connectivity index (χ1n) is 10.2. The summed E-state index contributed by atoms with van der Waals surface area (Å²) in [6.07, 6.45) is 0. The summed E-state index contributed by atoms with van der Waals surface area (Å²) < 4.78 is 57.7. The van der Waals surface area contributed by atoms with E-state index in [2.05, 4.69) is 0 Å². The van der Waals surface area contributed by atoms with Gasteiger partial charge in [-0.25, -0.2) is 8.78 Å². The number of benzene rings is 3. The van der Waals surface area contributed by atoms with Crippen LogP contribution in [0.5, 0.6) is 5.75 Å². The zero-order valence-corrected chi connectivity index (χ0v) is 20.1. The molecule has 3 rings (SSSR count). The van der Waals surface area contributed by atoms with E-state index in [0.29, 0.717) is 17.1 Å². The van der Waals surface area contributed by atoms with Crippen molar-refractivity contribution in [2.45, 2.75) is 11.4 Å². The molecule has 0 aliphatic heterocycles. The standard InChI is InChI=1S/C24H23ClF2N2O4S/c1-28(2)12-13-29(24(30)17-4-3-5-21(27)15-17)16-18-14-19(25)6-11-23(18)33-34(31,32)22-9-7-20(26)8-10-22/h3-11,14-15H,12-13,16H2,1-2H3. The monoisotopic (exact) mass is 508 g/mol. The lowest BCUT2D eigenvalue weighted by Crippen LogP contribution is -2.36. The zero-order valence-electron chi connectivity index (χ0n) is 18.5. The Balaban J connectivity index is 1.93. The molecule has 0 saturated carbocycles. The predicted octanol–water partition coefficient (Wildman–Crippen LogP) is 4.59. The van der Waals surface area contributed by atoms with Gasteiger partial charge in [-0.15, -0.1) is 0 Å². The normalized spacial score (nSPS) is 11.5. The van der Waals surface area contributed by atoms with Gasteiger partial charge in [0.25, 0.3) is 5.91 Å². The number of halogens is 3. The molecule has 6 nitrogen and oxygen atoms in total. The number of amides is 1. The fraction of sp³-hybridized carbons (Fsp3) is 0.208. The van der Waals surface area contributed by atoms with Crippen LogP contribution in [0, 0.1) is 11.6 Å². The van der Waals surface area contributed by atoms with Crippen LogP contribution >= 0.6 is 11.6 Å². The maximum atomic E-state index is 13.7. The van der Waals surface area contributed by atoms with Crippen molar-refractivity contribution in [3.05, 3.63) is 94.5 Å². The minimum Gasteiger partial charge on any atom is -0.379 e. The van der Waals surface area contributed by atoms with Crippen molar-refractivity contribution in [1.82, 2.24) is 9.80 Å². The summed E-state index contributed by atoms with van der Waals surface area (Å²) in [7, 11) is -0.593. The van der Waals surface area contributed by atoms with Gasteiger partial charge in [0.15, 0.2) is 0 Å². The number of hydrogen-bond donors (Lipinski definition) is 0. The third-order valence-corrected chi connectivity index (χ3v) is 6.35. The molecule has 0 aliphatic rings. The second-order valence-electron chi connectivity index (χ2n) is 7.78. The van der Waals surface area contributed by atoms with E-state index < -0.39 is 27.7 Å². The Morgan fingerprint density at radius 3 is 2.29 bits per heavy atom. The van der Waals surface area contributed by atoms with E-state index in [-0.39, 0.29) is 29.3 Å². The SMILES string of the molecule is CN(C)CCN(Cc1cc(Cl)ccc1OS(=O)(=O)c1ccc(F)cc1)C(=O)c1cccc(F)c1. The minimum absolute atomic E-state index is 0.0318. The van der Waals surface area contributed by atoms with Crippen LogP contribution in [0.15, 0.2) is 71.6 Å².